The van der Waals surface area contributed by atoms with Gasteiger partial charge in [-0.15, -0.1) is 0 Å². The fourth-order valence-corrected chi connectivity index (χ4v) is 3.32. The maximum absolute atomic E-state index is 11.3. The largest absolute Gasteiger partial charge is 0.481 e. The molecule has 104 valence electrons. The van der Waals surface area contributed by atoms with Gasteiger partial charge >= 0.3 is 5.97 Å². The minimum absolute atomic E-state index is 0.358. The van der Waals surface area contributed by atoms with Crippen LogP contribution < -0.4 is 5.32 Å². The SMILES string of the molecule is O=C(O)C1CCCn2c1cnc2CC1CCNCC1. The number of imidazole rings is 1. The third-order valence-electron chi connectivity index (χ3n) is 4.43. The number of rotatable bonds is 3. The van der Waals surface area contributed by atoms with Crippen molar-refractivity contribution in [1.29, 1.82) is 0 Å². The van der Waals surface area contributed by atoms with E-state index >= 15 is 0 Å². The number of carboxylic acids is 1. The van der Waals surface area contributed by atoms with Gasteiger partial charge in [-0.2, -0.15) is 0 Å². The maximum Gasteiger partial charge on any atom is 0.312 e. The van der Waals surface area contributed by atoms with Crippen molar-refractivity contribution >= 4 is 5.97 Å². The van der Waals surface area contributed by atoms with Crippen LogP contribution in [0.15, 0.2) is 6.20 Å². The van der Waals surface area contributed by atoms with Crippen LogP contribution in [0.1, 0.15) is 43.1 Å². The summed E-state index contributed by atoms with van der Waals surface area (Å²) < 4.78 is 2.16. The molecule has 19 heavy (non-hydrogen) atoms. The number of hydrogen-bond acceptors (Lipinski definition) is 3. The molecule has 5 nitrogen and oxygen atoms in total. The molecule has 1 aromatic heterocycles. The smallest absolute Gasteiger partial charge is 0.312 e. The molecule has 3 heterocycles. The second-order valence-corrected chi connectivity index (χ2v) is 5.68. The minimum Gasteiger partial charge on any atom is -0.481 e. The first-order valence-corrected chi connectivity index (χ1v) is 7.23. The Hall–Kier alpha value is -1.36. The van der Waals surface area contributed by atoms with Crippen molar-refractivity contribution in [1.82, 2.24) is 14.9 Å². The van der Waals surface area contributed by atoms with Gasteiger partial charge in [-0.1, -0.05) is 0 Å². The Bertz CT molecular complexity index is 463. The molecular formula is C14H21N3O2. The van der Waals surface area contributed by atoms with Crippen molar-refractivity contribution < 1.29 is 9.90 Å². The molecule has 1 fully saturated rings. The van der Waals surface area contributed by atoms with E-state index in [1.54, 1.807) is 6.20 Å². The minimum atomic E-state index is -0.714. The number of carboxylic acid groups (broad SMARTS) is 1. The van der Waals surface area contributed by atoms with E-state index in [1.165, 1.54) is 12.8 Å². The molecule has 5 heteroatoms. The van der Waals surface area contributed by atoms with Gasteiger partial charge in [0.1, 0.15) is 5.82 Å². The summed E-state index contributed by atoms with van der Waals surface area (Å²) >= 11 is 0. The molecule has 0 aromatic carbocycles. The zero-order chi connectivity index (χ0) is 13.2. The van der Waals surface area contributed by atoms with E-state index in [0.29, 0.717) is 5.92 Å². The van der Waals surface area contributed by atoms with E-state index in [4.69, 9.17) is 0 Å². The highest BCUT2D eigenvalue weighted by atomic mass is 16.4. The number of piperidine rings is 1. The summed E-state index contributed by atoms with van der Waals surface area (Å²) in [6, 6.07) is 0. The van der Waals surface area contributed by atoms with Crippen molar-refractivity contribution in [3.05, 3.63) is 17.7 Å². The summed E-state index contributed by atoms with van der Waals surface area (Å²) in [5.41, 5.74) is 0.905. The lowest BCUT2D eigenvalue weighted by Crippen LogP contribution is -2.29. The van der Waals surface area contributed by atoms with Crippen LogP contribution in [-0.2, 0) is 17.8 Å². The first-order chi connectivity index (χ1) is 9.25. The molecule has 0 aliphatic carbocycles. The molecular weight excluding hydrogens is 242 g/mol. The van der Waals surface area contributed by atoms with Crippen molar-refractivity contribution in [2.24, 2.45) is 5.92 Å². The zero-order valence-electron chi connectivity index (χ0n) is 11.1. The average molecular weight is 263 g/mol. The topological polar surface area (TPSA) is 67.1 Å². The van der Waals surface area contributed by atoms with Gasteiger partial charge in [0.05, 0.1) is 11.6 Å². The lowest BCUT2D eigenvalue weighted by molar-refractivity contribution is -0.139. The van der Waals surface area contributed by atoms with E-state index < -0.39 is 5.97 Å². The molecule has 1 atom stereocenters. The second kappa shape index (κ2) is 5.33. The summed E-state index contributed by atoms with van der Waals surface area (Å²) in [7, 11) is 0. The molecule has 0 saturated carbocycles. The summed E-state index contributed by atoms with van der Waals surface area (Å²) in [5, 5.41) is 12.6. The normalized spacial score (nSPS) is 24.1. The fourth-order valence-electron chi connectivity index (χ4n) is 3.32. The van der Waals surface area contributed by atoms with Crippen molar-refractivity contribution in [3.8, 4) is 0 Å². The summed E-state index contributed by atoms with van der Waals surface area (Å²) in [6.07, 6.45) is 6.87. The molecule has 3 rings (SSSR count). The van der Waals surface area contributed by atoms with Gasteiger partial charge in [0, 0.05) is 19.2 Å². The highest BCUT2D eigenvalue weighted by Gasteiger charge is 2.29. The van der Waals surface area contributed by atoms with Crippen LogP contribution in [0.4, 0.5) is 0 Å². The Morgan fingerprint density at radius 3 is 2.95 bits per heavy atom. The van der Waals surface area contributed by atoms with Crippen molar-refractivity contribution in [3.63, 3.8) is 0 Å². The lowest BCUT2D eigenvalue weighted by Gasteiger charge is -2.25. The second-order valence-electron chi connectivity index (χ2n) is 5.68. The monoisotopic (exact) mass is 263 g/mol. The first-order valence-electron chi connectivity index (χ1n) is 7.23. The van der Waals surface area contributed by atoms with Gasteiger partial charge in [0.2, 0.25) is 0 Å². The molecule has 2 aliphatic heterocycles. The third-order valence-corrected chi connectivity index (χ3v) is 4.43. The van der Waals surface area contributed by atoms with Gasteiger partial charge in [0.15, 0.2) is 0 Å². The van der Waals surface area contributed by atoms with Crippen molar-refractivity contribution in [2.45, 2.75) is 44.6 Å². The summed E-state index contributed by atoms with van der Waals surface area (Å²) in [6.45, 7) is 3.12. The predicted octanol–water partition coefficient (Wildman–Crippen LogP) is 1.39. The van der Waals surface area contributed by atoms with Gasteiger partial charge in [0.25, 0.3) is 0 Å². The Labute approximate surface area is 113 Å². The number of nitrogens with one attached hydrogen (secondary N) is 1. The van der Waals surface area contributed by atoms with E-state index in [0.717, 1.165) is 50.4 Å². The fraction of sp³-hybridized carbons (Fsp3) is 0.714. The van der Waals surface area contributed by atoms with Crippen LogP contribution in [0, 0.1) is 5.92 Å². The average Bonchev–Trinajstić information content (AvgIpc) is 2.83. The van der Waals surface area contributed by atoms with Crippen molar-refractivity contribution in [2.75, 3.05) is 13.1 Å². The third kappa shape index (κ3) is 2.52. The maximum atomic E-state index is 11.3. The van der Waals surface area contributed by atoms with Gasteiger partial charge in [-0.3, -0.25) is 4.79 Å². The lowest BCUT2D eigenvalue weighted by atomic mass is 9.93. The first kappa shape index (κ1) is 12.7. The summed E-state index contributed by atoms with van der Waals surface area (Å²) in [4.78, 5) is 15.8. The number of aliphatic carboxylic acids is 1. The van der Waals surface area contributed by atoms with Crippen LogP contribution in [0.2, 0.25) is 0 Å². The highest BCUT2D eigenvalue weighted by molar-refractivity contribution is 5.75. The van der Waals surface area contributed by atoms with Crippen LogP contribution in [0.3, 0.4) is 0 Å². The molecule has 0 amide bonds. The van der Waals surface area contributed by atoms with E-state index in [1.807, 2.05) is 0 Å². The summed E-state index contributed by atoms with van der Waals surface area (Å²) in [5.74, 6) is 0.711. The number of carbonyl (C=O) groups is 1. The van der Waals surface area contributed by atoms with E-state index in [-0.39, 0.29) is 5.92 Å². The van der Waals surface area contributed by atoms with Crippen LogP contribution in [0.25, 0.3) is 0 Å². The Balaban J connectivity index is 1.78. The quantitative estimate of drug-likeness (QED) is 0.864. The Morgan fingerprint density at radius 1 is 1.42 bits per heavy atom. The Morgan fingerprint density at radius 2 is 2.21 bits per heavy atom. The van der Waals surface area contributed by atoms with Crippen LogP contribution in [0.5, 0.6) is 0 Å². The van der Waals surface area contributed by atoms with Gasteiger partial charge in [-0.05, 0) is 44.7 Å². The molecule has 2 N–H and O–H groups in total. The number of hydrogen-bond donors (Lipinski definition) is 2. The molecule has 1 unspecified atom stereocenters. The molecule has 2 aliphatic rings. The predicted molar refractivity (Wildman–Crippen MR) is 71.1 cm³/mol. The molecule has 0 bridgehead atoms. The number of fused-ring (bicyclic) bond motifs is 1. The van der Waals surface area contributed by atoms with Crippen LogP contribution in [-0.4, -0.2) is 33.7 Å². The highest BCUT2D eigenvalue weighted by Crippen LogP contribution is 2.29. The van der Waals surface area contributed by atoms with Gasteiger partial charge < -0.3 is 15.0 Å². The molecule has 0 radical (unpaired) electrons. The van der Waals surface area contributed by atoms with E-state index in [9.17, 15) is 9.90 Å². The standard InChI is InChI=1S/C14H21N3O2/c18-14(19)11-2-1-7-17-12(11)9-16-13(17)8-10-3-5-15-6-4-10/h9-11,15H,1-8H2,(H,18,19). The van der Waals surface area contributed by atoms with Gasteiger partial charge in [-0.25, -0.2) is 4.98 Å². The molecule has 0 spiro atoms. The Kier molecular flexibility index (Phi) is 3.55. The number of nitrogens with zero attached hydrogens (tertiary/aromatic N) is 2. The van der Waals surface area contributed by atoms with E-state index in [2.05, 4.69) is 14.9 Å². The van der Waals surface area contributed by atoms with Crippen LogP contribution >= 0.6 is 0 Å². The zero-order valence-corrected chi connectivity index (χ0v) is 11.1. The number of aromatic nitrogens is 2. The molecule has 1 saturated heterocycles. The molecule has 1 aromatic rings.